The van der Waals surface area contributed by atoms with E-state index in [-0.39, 0.29) is 0 Å². The zero-order chi connectivity index (χ0) is 88.7. The van der Waals surface area contributed by atoms with E-state index >= 15 is 0 Å². The zero-order valence-corrected chi connectivity index (χ0v) is 73.0. The monoisotopic (exact) mass is 1700 g/mol. The van der Waals surface area contributed by atoms with Gasteiger partial charge in [0, 0.05) is 78.8 Å². The van der Waals surface area contributed by atoms with Crippen LogP contribution in [0, 0.1) is 6.57 Å². The number of fused-ring (bicyclic) bond motifs is 14. The van der Waals surface area contributed by atoms with Gasteiger partial charge in [0.25, 0.3) is 0 Å². The number of hydrogen-bond donors (Lipinski definition) is 0. The predicted molar refractivity (Wildman–Crippen MR) is 568 cm³/mol. The summed E-state index contributed by atoms with van der Waals surface area (Å²) in [6, 6.07) is 176. The van der Waals surface area contributed by atoms with Gasteiger partial charge in [-0.25, -0.2) is 4.85 Å². The van der Waals surface area contributed by atoms with E-state index in [0.29, 0.717) is 5.69 Å². The van der Waals surface area contributed by atoms with Crippen LogP contribution in [-0.4, -0.2) is 14.1 Å². The summed E-state index contributed by atoms with van der Waals surface area (Å²) >= 11 is 0. The lowest BCUT2D eigenvalue weighted by molar-refractivity contribution is 1.18. The molecule has 0 atom stereocenters. The second-order valence-electron chi connectivity index (χ2n) is 34.6. The van der Waals surface area contributed by atoms with Crippen molar-refractivity contribution in [3.8, 4) is 78.1 Å². The second kappa shape index (κ2) is 32.9. The normalized spacial score (nSPS) is 11.6. The molecule has 3 heterocycles. The van der Waals surface area contributed by atoms with E-state index in [1.165, 1.54) is 153 Å². The third-order valence-electron chi connectivity index (χ3n) is 27.2. The molecule has 26 rings (SSSR count). The molecule has 26 aromatic rings. The molecule has 0 aliphatic heterocycles. The third-order valence-corrected chi connectivity index (χ3v) is 27.2. The minimum atomic E-state index is 0.616. The van der Waals surface area contributed by atoms with Gasteiger partial charge in [0.05, 0.1) is 40.0 Å². The Balaban J connectivity index is 0.000000145. The van der Waals surface area contributed by atoms with E-state index in [9.17, 15) is 0 Å². The molecule has 0 unspecified atom stereocenters. The molecule has 0 aliphatic carbocycles. The van der Waals surface area contributed by atoms with Crippen molar-refractivity contribution in [1.29, 1.82) is 0 Å². The smallest absolute Gasteiger partial charge is 0.187 e. The Morgan fingerprint density at radius 1 is 0.201 bits per heavy atom. The minimum absolute atomic E-state index is 0.616. The fourth-order valence-electron chi connectivity index (χ4n) is 21.2. The van der Waals surface area contributed by atoms with Crippen LogP contribution in [0.15, 0.2) is 498 Å². The maximum atomic E-state index is 7.65. The van der Waals surface area contributed by atoms with Crippen LogP contribution in [0.1, 0.15) is 0 Å². The molecule has 0 radical (unpaired) electrons. The maximum absolute atomic E-state index is 7.65. The van der Waals surface area contributed by atoms with Gasteiger partial charge in [-0.2, -0.15) is 0 Å². The largest absolute Gasteiger partial charge is 0.310 e. The molecule has 0 aliphatic rings. The van der Waals surface area contributed by atoms with Crippen molar-refractivity contribution < 1.29 is 0 Å². The molecular formula is C128H82N6. The van der Waals surface area contributed by atoms with Gasteiger partial charge in [0.15, 0.2) is 5.69 Å². The van der Waals surface area contributed by atoms with Gasteiger partial charge >= 0.3 is 0 Å². The predicted octanol–water partition coefficient (Wildman–Crippen LogP) is 35.7. The van der Waals surface area contributed by atoms with Crippen LogP contribution in [0.25, 0.3) is 213 Å². The van der Waals surface area contributed by atoms with Gasteiger partial charge in [-0.15, -0.1) is 0 Å². The first-order chi connectivity index (χ1) is 66.5. The molecule has 0 spiro atoms. The number of nitrogens with zero attached hydrogens (tertiary/aromatic N) is 6. The average Bonchev–Trinajstić information content (AvgIpc) is 1.48. The molecule has 624 valence electrons. The van der Waals surface area contributed by atoms with Crippen LogP contribution in [-0.2, 0) is 0 Å². The molecule has 6 heteroatoms. The van der Waals surface area contributed by atoms with Crippen LogP contribution in [0.4, 0.5) is 39.8 Å². The van der Waals surface area contributed by atoms with Gasteiger partial charge in [0.2, 0.25) is 0 Å². The quantitative estimate of drug-likeness (QED) is 0.0804. The van der Waals surface area contributed by atoms with Crippen LogP contribution in [0.5, 0.6) is 0 Å². The number of anilines is 6. The molecule has 0 bridgehead atoms. The molecule has 0 N–H and O–H groups in total. The topological polar surface area (TPSA) is 33.6 Å². The Kier molecular flexibility index (Phi) is 19.2. The van der Waals surface area contributed by atoms with E-state index < -0.39 is 0 Å². The fourth-order valence-corrected chi connectivity index (χ4v) is 21.2. The summed E-state index contributed by atoms with van der Waals surface area (Å²) in [7, 11) is 0. The fraction of sp³-hybridized carbons (Fsp3) is 0. The summed E-state index contributed by atoms with van der Waals surface area (Å²) in [5, 5.41) is 24.3. The van der Waals surface area contributed by atoms with Crippen molar-refractivity contribution >= 4 is 170 Å². The van der Waals surface area contributed by atoms with Crippen LogP contribution in [0.2, 0.25) is 0 Å². The SMILES string of the molecule is [C-]#[N+]c1ccc(N(c2ccc3c(c2)c2cc(-c4c5ccccc5c(-c5cccc6ccccc56)c5ccccc45)ccc2n3-c2ccccc2)c2cccc3ccccc23)cc1.c1ccc(-c2ccc(-n3c4ccc(-c5c6ccccc6c(-c6cccc7ccccc67)c6ccccc56)cc4c4cc(N(c5ccc(-c6cccnc6)cc5)c5cccc6ccccc56)ccc43)cc2)cc1. The van der Waals surface area contributed by atoms with E-state index in [1.807, 2.05) is 30.6 Å². The van der Waals surface area contributed by atoms with Gasteiger partial charge in [0.1, 0.15) is 0 Å². The van der Waals surface area contributed by atoms with Crippen molar-refractivity contribution in [2.45, 2.75) is 0 Å². The lowest BCUT2D eigenvalue weighted by Gasteiger charge is -2.27. The number of para-hydroxylation sites is 1. The number of rotatable bonds is 14. The average molecular weight is 1700 g/mol. The first-order valence-corrected chi connectivity index (χ1v) is 45.7. The highest BCUT2D eigenvalue weighted by atomic mass is 15.2. The first kappa shape index (κ1) is 78.3. The lowest BCUT2D eigenvalue weighted by Crippen LogP contribution is -2.10. The highest BCUT2D eigenvalue weighted by Crippen LogP contribution is 2.52. The molecule has 6 nitrogen and oxygen atoms in total. The van der Waals surface area contributed by atoms with Crippen LogP contribution in [0.3, 0.4) is 0 Å². The van der Waals surface area contributed by atoms with Crippen molar-refractivity contribution in [2.75, 3.05) is 9.80 Å². The summed E-state index contributed by atoms with van der Waals surface area (Å²) in [6.07, 6.45) is 3.75. The van der Waals surface area contributed by atoms with E-state index in [1.54, 1.807) is 0 Å². The van der Waals surface area contributed by atoms with Gasteiger partial charge in [-0.3, -0.25) is 4.98 Å². The zero-order valence-electron chi connectivity index (χ0n) is 73.0. The summed E-state index contributed by atoms with van der Waals surface area (Å²) in [5.74, 6) is 0. The van der Waals surface area contributed by atoms with Gasteiger partial charge in [-0.05, 0) is 270 Å². The van der Waals surface area contributed by atoms with Crippen molar-refractivity contribution in [3.63, 3.8) is 0 Å². The molecule has 0 fully saturated rings. The molecule has 0 amide bonds. The van der Waals surface area contributed by atoms with Gasteiger partial charge < -0.3 is 18.9 Å². The second-order valence-corrected chi connectivity index (χ2v) is 34.6. The Bertz CT molecular complexity index is 9060. The summed E-state index contributed by atoms with van der Waals surface area (Å²) in [4.78, 5) is 12.9. The first-order valence-electron chi connectivity index (χ1n) is 45.7. The molecule has 23 aromatic carbocycles. The standard InChI is InChI=1S/C69H45N3.C59H37N3/c1-2-15-46(16-3-1)47-30-37-54(38-31-47)72-66-40-34-51(68-59-24-8-10-26-61(59)69(62-27-11-9-25-60(62)68)58-28-12-19-49-17-4-6-22-56(49)58)43-63(66)64-44-55(39-41-67(64)72)71(65-29-13-20-50-18-5-7-23-57(50)65)53-35-32-48(33-36-53)52-21-14-42-70-45-52;1-60-42-30-32-44(33-31-42)61(55-28-14-18-40-16-6-8-22-47(40)55)45-34-36-57-54(38-45)53-37-41(29-35-56(53)62(57)43-19-3-2-4-20-43)58-49-23-9-11-25-51(49)59(52-26-12-10-24-50(52)58)48-27-13-17-39-15-5-7-21-46(39)48/h1-45H;2-38H. The lowest BCUT2D eigenvalue weighted by atomic mass is 9.84. The Hall–Kier alpha value is -18.0. The molecule has 134 heavy (non-hydrogen) atoms. The number of hydrogen-bond acceptors (Lipinski definition) is 3. The molecule has 3 aromatic heterocycles. The summed E-state index contributed by atoms with van der Waals surface area (Å²) in [6.45, 7) is 7.65. The van der Waals surface area contributed by atoms with Crippen LogP contribution < -0.4 is 9.80 Å². The minimum Gasteiger partial charge on any atom is -0.310 e. The van der Waals surface area contributed by atoms with Gasteiger partial charge in [-0.1, -0.05) is 358 Å². The highest BCUT2D eigenvalue weighted by Gasteiger charge is 2.27. The molecule has 0 saturated heterocycles. The summed E-state index contributed by atoms with van der Waals surface area (Å²) < 4.78 is 4.84. The van der Waals surface area contributed by atoms with Crippen molar-refractivity contribution in [2.24, 2.45) is 0 Å². The van der Waals surface area contributed by atoms with E-state index in [4.69, 9.17) is 6.57 Å². The third kappa shape index (κ3) is 13.4. The Morgan fingerprint density at radius 2 is 0.500 bits per heavy atom. The van der Waals surface area contributed by atoms with E-state index in [2.05, 4.69) is 496 Å². The summed E-state index contributed by atoms with van der Waals surface area (Å²) in [5.41, 5.74) is 28.2. The van der Waals surface area contributed by atoms with Crippen molar-refractivity contribution in [3.05, 3.63) is 509 Å². The number of benzene rings is 23. The number of pyridine rings is 1. The van der Waals surface area contributed by atoms with Crippen molar-refractivity contribution in [1.82, 2.24) is 14.1 Å². The highest BCUT2D eigenvalue weighted by molar-refractivity contribution is 6.27. The number of aromatic nitrogens is 3. The molecular weight excluding hydrogens is 1620 g/mol. The Labute approximate surface area is 775 Å². The Morgan fingerprint density at radius 3 is 0.918 bits per heavy atom. The van der Waals surface area contributed by atoms with E-state index in [0.717, 1.165) is 89.5 Å². The maximum Gasteiger partial charge on any atom is 0.187 e. The van der Waals surface area contributed by atoms with Crippen LogP contribution >= 0.6 is 0 Å². The molecule has 0 saturated carbocycles.